The maximum atomic E-state index is 5.49. The Bertz CT molecular complexity index is 105. The number of unbranched alkanes of at least 4 members (excludes halogenated alkanes) is 2. The van der Waals surface area contributed by atoms with E-state index in [9.17, 15) is 0 Å². The number of hydrogen-bond acceptors (Lipinski definition) is 1. The Morgan fingerprint density at radius 2 is 1.62 bits per heavy atom. The van der Waals surface area contributed by atoms with Crippen molar-refractivity contribution >= 4 is 33.1 Å². The van der Waals surface area contributed by atoms with Gasteiger partial charge in [0.15, 0.2) is 0 Å². The summed E-state index contributed by atoms with van der Waals surface area (Å²) in [5.74, 6) is 0. The predicted octanol–water partition coefficient (Wildman–Crippen LogP) is 3.64. The molecule has 3 heteroatoms. The summed E-state index contributed by atoms with van der Waals surface area (Å²) in [5.41, 5.74) is 0.0868. The number of hydrogen-bond donors (Lipinski definition) is 0. The van der Waals surface area contributed by atoms with E-state index in [0.29, 0.717) is 0 Å². The highest BCUT2D eigenvalue weighted by atomic mass is 127. The van der Waals surface area contributed by atoms with Gasteiger partial charge in [-0.2, -0.15) is 0 Å². The van der Waals surface area contributed by atoms with Gasteiger partial charge in [-0.1, -0.05) is 62.1 Å². The molecule has 0 saturated heterocycles. The minimum absolute atomic E-state index is 0.0868. The first kappa shape index (κ1) is 13.9. The van der Waals surface area contributed by atoms with E-state index in [4.69, 9.17) is 4.43 Å². The normalized spacial score (nSPS) is 12.0. The van der Waals surface area contributed by atoms with Crippen LogP contribution in [0.25, 0.3) is 0 Å². The molecule has 0 rings (SSSR count). The van der Waals surface area contributed by atoms with Crippen molar-refractivity contribution in [3.8, 4) is 0 Å². The van der Waals surface area contributed by atoms with Gasteiger partial charge >= 0.3 is 0 Å². The molecule has 3 radical (unpaired) electrons. The van der Waals surface area contributed by atoms with Gasteiger partial charge in [0, 0.05) is 4.43 Å². The minimum atomic E-state index is 0.0868. The second-order valence-corrected chi connectivity index (χ2v) is 4.59. The van der Waals surface area contributed by atoms with E-state index in [-0.39, 0.29) is 5.60 Å². The van der Waals surface area contributed by atoms with Crippen molar-refractivity contribution in [2.45, 2.75) is 58.0 Å². The molecule has 0 atom stereocenters. The first-order valence-corrected chi connectivity index (χ1v) is 7.08. The highest BCUT2D eigenvalue weighted by molar-refractivity contribution is 14.1. The molecule has 0 saturated carbocycles. The van der Waals surface area contributed by atoms with Crippen LogP contribution >= 0.6 is 22.6 Å². The molecule has 0 heterocycles. The Morgan fingerprint density at radius 3 is 1.85 bits per heavy atom. The smallest absolute Gasteiger partial charge is 0.247 e. The molecule has 13 heavy (non-hydrogen) atoms. The molecule has 0 fully saturated rings. The highest BCUT2D eigenvalue weighted by Gasteiger charge is 2.26. The minimum Gasteiger partial charge on any atom is -0.412 e. The monoisotopic (exact) mass is 311 g/mol. The Labute approximate surface area is 99.7 Å². The van der Waals surface area contributed by atoms with E-state index in [1.165, 1.54) is 38.5 Å². The molecule has 0 unspecified atom stereocenters. The van der Waals surface area contributed by atoms with Crippen LogP contribution in [0.1, 0.15) is 52.4 Å². The van der Waals surface area contributed by atoms with Crippen molar-refractivity contribution in [1.82, 2.24) is 0 Å². The van der Waals surface area contributed by atoms with Crippen LogP contribution in [-0.2, 0) is 4.43 Å². The summed E-state index contributed by atoms with van der Waals surface area (Å²) in [5, 5.41) is 0. The first-order chi connectivity index (χ1) is 6.24. The van der Waals surface area contributed by atoms with Gasteiger partial charge in [-0.05, 0) is 12.8 Å². The second kappa shape index (κ2) is 8.23. The molecular formula is C10H20IOSi. The molecule has 1 nitrogen and oxygen atoms in total. The van der Waals surface area contributed by atoms with Gasteiger partial charge in [-0.3, -0.25) is 0 Å². The fraction of sp³-hybridized carbons (Fsp3) is 1.00. The molecule has 0 bridgehead atoms. The zero-order valence-electron chi connectivity index (χ0n) is 8.74. The number of rotatable bonds is 8. The quantitative estimate of drug-likeness (QED) is 0.378. The van der Waals surface area contributed by atoms with E-state index in [2.05, 4.69) is 46.9 Å². The van der Waals surface area contributed by atoms with Gasteiger partial charge in [0.1, 0.15) is 0 Å². The van der Waals surface area contributed by atoms with Crippen molar-refractivity contribution in [3.63, 3.8) is 0 Å². The lowest BCUT2D eigenvalue weighted by molar-refractivity contribution is 0.0840. The summed E-state index contributed by atoms with van der Waals surface area (Å²) in [6.45, 7) is 4.46. The van der Waals surface area contributed by atoms with Crippen molar-refractivity contribution in [2.24, 2.45) is 0 Å². The highest BCUT2D eigenvalue weighted by Crippen LogP contribution is 2.27. The van der Waals surface area contributed by atoms with Gasteiger partial charge in [-0.15, -0.1) is 0 Å². The molecule has 0 aliphatic rings. The van der Waals surface area contributed by atoms with E-state index >= 15 is 0 Å². The summed E-state index contributed by atoms with van der Waals surface area (Å²) in [6, 6.07) is 0. The van der Waals surface area contributed by atoms with E-state index in [1.54, 1.807) is 0 Å². The molecule has 77 valence electrons. The van der Waals surface area contributed by atoms with Crippen LogP contribution in [0.2, 0.25) is 0 Å². The maximum Gasteiger partial charge on any atom is 0.247 e. The lowest BCUT2D eigenvalue weighted by Crippen LogP contribution is -2.33. The summed E-state index contributed by atoms with van der Waals surface area (Å²) < 4.78 is 6.57. The van der Waals surface area contributed by atoms with Crippen molar-refractivity contribution in [1.29, 1.82) is 0 Å². The third-order valence-electron chi connectivity index (χ3n) is 2.43. The maximum absolute atomic E-state index is 5.49. The standard InChI is InChI=1S/C10H20IOSi/c1-3-5-7-10(9-11,12-13)8-6-4-2/h3-9H2,1-2H3. The molecule has 0 amide bonds. The third-order valence-corrected chi connectivity index (χ3v) is 4.26. The van der Waals surface area contributed by atoms with Gasteiger partial charge < -0.3 is 4.43 Å². The summed E-state index contributed by atoms with van der Waals surface area (Å²) in [6.07, 6.45) is 7.38. The van der Waals surface area contributed by atoms with Crippen LogP contribution in [0.5, 0.6) is 0 Å². The van der Waals surface area contributed by atoms with Gasteiger partial charge in [-0.25, -0.2) is 0 Å². The van der Waals surface area contributed by atoms with Gasteiger partial charge in [0.25, 0.3) is 0 Å². The lowest BCUT2D eigenvalue weighted by Gasteiger charge is -2.31. The lowest BCUT2D eigenvalue weighted by atomic mass is 9.93. The molecule has 0 aromatic heterocycles. The number of halogens is 1. The SMILES string of the molecule is CCCCC(CI)(CCCC)O[Si]. The molecule has 0 aromatic carbocycles. The first-order valence-electron chi connectivity index (χ1n) is 5.15. The van der Waals surface area contributed by atoms with Crippen LogP contribution in [0.4, 0.5) is 0 Å². The molecule has 0 aromatic rings. The third kappa shape index (κ3) is 5.37. The summed E-state index contributed by atoms with van der Waals surface area (Å²) in [7, 11) is 3.24. The van der Waals surface area contributed by atoms with Crippen LogP contribution in [0, 0.1) is 0 Å². The Morgan fingerprint density at radius 1 is 1.15 bits per heavy atom. The van der Waals surface area contributed by atoms with Crippen LogP contribution in [-0.4, -0.2) is 20.5 Å². The molecule has 0 aliphatic heterocycles. The van der Waals surface area contributed by atoms with Crippen molar-refractivity contribution in [3.05, 3.63) is 0 Å². The van der Waals surface area contributed by atoms with Gasteiger partial charge in [0.05, 0.1) is 5.60 Å². The predicted molar refractivity (Wildman–Crippen MR) is 67.5 cm³/mol. The zero-order chi connectivity index (χ0) is 10.2. The van der Waals surface area contributed by atoms with E-state index in [0.717, 1.165) is 4.43 Å². The molecular weight excluding hydrogens is 291 g/mol. The van der Waals surface area contributed by atoms with Crippen LogP contribution in [0.3, 0.4) is 0 Å². The zero-order valence-corrected chi connectivity index (χ0v) is 11.9. The summed E-state index contributed by atoms with van der Waals surface area (Å²) >= 11 is 2.43. The van der Waals surface area contributed by atoms with Crippen molar-refractivity contribution < 1.29 is 4.43 Å². The topological polar surface area (TPSA) is 9.23 Å². The molecule has 0 spiro atoms. The van der Waals surface area contributed by atoms with Gasteiger partial charge in [0.2, 0.25) is 10.5 Å². The van der Waals surface area contributed by atoms with Crippen molar-refractivity contribution in [2.75, 3.05) is 4.43 Å². The number of alkyl halides is 1. The fourth-order valence-electron chi connectivity index (χ4n) is 1.39. The largest absolute Gasteiger partial charge is 0.412 e. The van der Waals surface area contributed by atoms with E-state index < -0.39 is 0 Å². The molecule has 0 aliphatic carbocycles. The Balaban J connectivity index is 3.97. The molecule has 0 N–H and O–H groups in total. The summed E-state index contributed by atoms with van der Waals surface area (Å²) in [4.78, 5) is 0. The Hall–Kier alpha value is 0.907. The van der Waals surface area contributed by atoms with E-state index in [1.807, 2.05) is 0 Å². The Kier molecular flexibility index (Phi) is 8.81. The fourth-order valence-corrected chi connectivity index (χ4v) is 2.87. The van der Waals surface area contributed by atoms with Crippen LogP contribution < -0.4 is 0 Å². The average molecular weight is 311 g/mol. The van der Waals surface area contributed by atoms with Crippen LogP contribution in [0.15, 0.2) is 0 Å². The average Bonchev–Trinajstić information content (AvgIpc) is 2.20. The second-order valence-electron chi connectivity index (χ2n) is 3.63.